The molecule has 3 aliphatic carbocycles. The molecule has 2 heteroatoms. The highest BCUT2D eigenvalue weighted by atomic mass is 28.3. The summed E-state index contributed by atoms with van der Waals surface area (Å²) in [5.74, 6) is 0.422. The van der Waals surface area contributed by atoms with E-state index in [9.17, 15) is 0 Å². The van der Waals surface area contributed by atoms with Gasteiger partial charge in [0, 0.05) is 25.7 Å². The molecule has 2 aromatic carbocycles. The zero-order chi connectivity index (χ0) is 20.0. The van der Waals surface area contributed by atoms with Gasteiger partial charge in [0.1, 0.15) is 8.07 Å². The number of fused-ring (bicyclic) bond motifs is 2. The Morgan fingerprint density at radius 3 is 2.55 bits per heavy atom. The smallest absolute Gasteiger partial charge is 0.148 e. The minimum Gasteiger partial charge on any atom is -0.378 e. The second-order valence-electron chi connectivity index (χ2n) is 8.51. The van der Waals surface area contributed by atoms with E-state index in [0.29, 0.717) is 5.92 Å². The van der Waals surface area contributed by atoms with Gasteiger partial charge < -0.3 is 4.90 Å². The molecule has 2 aromatic rings. The van der Waals surface area contributed by atoms with Gasteiger partial charge in [0.15, 0.2) is 0 Å². The summed E-state index contributed by atoms with van der Waals surface area (Å²) in [6, 6.07) is 18.0. The minimum absolute atomic E-state index is 0.422. The van der Waals surface area contributed by atoms with Gasteiger partial charge >= 0.3 is 0 Å². The number of hydrogen-bond donors (Lipinski definition) is 0. The van der Waals surface area contributed by atoms with Gasteiger partial charge in [0.05, 0.1) is 0 Å². The molecule has 2 atom stereocenters. The van der Waals surface area contributed by atoms with Crippen LogP contribution < -0.4 is 10.1 Å². The number of allylic oxidation sites excluding steroid dienone is 9. The van der Waals surface area contributed by atoms with E-state index in [1.807, 2.05) is 0 Å². The van der Waals surface area contributed by atoms with Crippen molar-refractivity contribution in [2.75, 3.05) is 19.0 Å². The largest absolute Gasteiger partial charge is 0.378 e. The van der Waals surface area contributed by atoms with E-state index in [0.717, 1.165) is 6.42 Å². The molecule has 2 unspecified atom stereocenters. The van der Waals surface area contributed by atoms with Crippen molar-refractivity contribution in [2.45, 2.75) is 13.0 Å². The van der Waals surface area contributed by atoms with E-state index in [1.165, 1.54) is 27.6 Å². The number of nitrogens with zero attached hydrogens (tertiary/aromatic N) is 1. The average Bonchev–Trinajstić information content (AvgIpc) is 3.38. The molecule has 0 N–H and O–H groups in total. The first-order chi connectivity index (χ1) is 14.1. The predicted octanol–water partition coefficient (Wildman–Crippen LogP) is 5.36. The molecule has 0 heterocycles. The quantitative estimate of drug-likeness (QED) is 0.632. The van der Waals surface area contributed by atoms with Crippen LogP contribution in [-0.4, -0.2) is 22.2 Å². The standard InChI is InChI=1S/C27H27NSi/c1-28(2)24-14-8-9-15-27(24)29(3,25-18-16-20-10-4-6-12-22(20)25)26-19-17-21-11-5-7-13-23(21)26/h4-16,18-20H,17H2,1-3H3. The zero-order valence-electron chi connectivity index (χ0n) is 17.4. The normalized spacial score (nSPS) is 21.1. The zero-order valence-corrected chi connectivity index (χ0v) is 18.4. The lowest BCUT2D eigenvalue weighted by atomic mass is 9.98. The predicted molar refractivity (Wildman–Crippen MR) is 128 cm³/mol. The number of rotatable bonds is 4. The Labute approximate surface area is 175 Å². The van der Waals surface area contributed by atoms with Crippen LogP contribution in [0.5, 0.6) is 0 Å². The van der Waals surface area contributed by atoms with Crippen molar-refractivity contribution in [2.24, 2.45) is 5.92 Å². The van der Waals surface area contributed by atoms with Crippen LogP contribution in [0.25, 0.3) is 5.20 Å². The second-order valence-corrected chi connectivity index (χ2v) is 12.4. The number of anilines is 1. The first-order valence-corrected chi connectivity index (χ1v) is 12.9. The summed E-state index contributed by atoms with van der Waals surface area (Å²) in [7, 11) is 2.13. The summed E-state index contributed by atoms with van der Waals surface area (Å²) in [6.07, 6.45) is 17.4. The SMILES string of the molecule is CN(C)c1ccccc1[Si](C)(C1=CCc2ccccc21)C1=C2C=CC=CC2C=C1. The average molecular weight is 394 g/mol. The van der Waals surface area contributed by atoms with Crippen LogP contribution >= 0.6 is 0 Å². The van der Waals surface area contributed by atoms with E-state index in [2.05, 4.69) is 117 Å². The Bertz CT molecular complexity index is 1130. The molecule has 144 valence electrons. The Balaban J connectivity index is 1.80. The lowest BCUT2D eigenvalue weighted by molar-refractivity contribution is 1.02. The second kappa shape index (κ2) is 6.89. The summed E-state index contributed by atoms with van der Waals surface area (Å²) in [5.41, 5.74) is 5.75. The van der Waals surface area contributed by atoms with Gasteiger partial charge in [-0.25, -0.2) is 0 Å². The van der Waals surface area contributed by atoms with Crippen molar-refractivity contribution in [1.82, 2.24) is 0 Å². The van der Waals surface area contributed by atoms with Crippen molar-refractivity contribution in [3.05, 3.63) is 113 Å². The van der Waals surface area contributed by atoms with Crippen LogP contribution in [0.4, 0.5) is 5.69 Å². The summed E-state index contributed by atoms with van der Waals surface area (Å²) in [6.45, 7) is 2.56. The fraction of sp³-hybridized carbons (Fsp3) is 0.185. The first-order valence-electron chi connectivity index (χ1n) is 10.4. The maximum absolute atomic E-state index is 2.56. The Morgan fingerprint density at radius 2 is 1.69 bits per heavy atom. The van der Waals surface area contributed by atoms with Crippen LogP contribution in [0, 0.1) is 5.92 Å². The molecule has 0 radical (unpaired) electrons. The van der Waals surface area contributed by atoms with E-state index < -0.39 is 8.07 Å². The van der Waals surface area contributed by atoms with Gasteiger partial charge in [-0.2, -0.15) is 0 Å². The fourth-order valence-corrected chi connectivity index (χ4v) is 9.89. The maximum atomic E-state index is 2.56. The fourth-order valence-electron chi connectivity index (χ4n) is 5.22. The molecule has 29 heavy (non-hydrogen) atoms. The minimum atomic E-state index is -2.20. The molecule has 0 aromatic heterocycles. The number of para-hydroxylation sites is 1. The highest BCUT2D eigenvalue weighted by Gasteiger charge is 2.44. The van der Waals surface area contributed by atoms with Crippen LogP contribution in [0.3, 0.4) is 0 Å². The van der Waals surface area contributed by atoms with Crippen molar-refractivity contribution in [3.8, 4) is 0 Å². The maximum Gasteiger partial charge on any atom is 0.148 e. The van der Waals surface area contributed by atoms with Crippen molar-refractivity contribution >= 4 is 24.1 Å². The third kappa shape index (κ3) is 2.74. The number of hydrogen-bond acceptors (Lipinski definition) is 1. The molecule has 0 amide bonds. The third-order valence-corrected chi connectivity index (χ3v) is 11.3. The molecular formula is C27H27NSi. The monoisotopic (exact) mass is 393 g/mol. The molecule has 0 aliphatic heterocycles. The summed E-state index contributed by atoms with van der Waals surface area (Å²) in [5, 5.41) is 4.63. The highest BCUT2D eigenvalue weighted by molar-refractivity contribution is 7.11. The summed E-state index contributed by atoms with van der Waals surface area (Å²) < 4.78 is 0. The lowest BCUT2D eigenvalue weighted by Gasteiger charge is -2.36. The van der Waals surface area contributed by atoms with E-state index in [4.69, 9.17) is 0 Å². The Kier molecular flexibility index (Phi) is 4.33. The molecule has 0 saturated heterocycles. The number of benzene rings is 2. The highest BCUT2D eigenvalue weighted by Crippen LogP contribution is 2.44. The third-order valence-electron chi connectivity index (χ3n) is 6.68. The molecule has 0 saturated carbocycles. The molecule has 0 fully saturated rings. The molecule has 3 aliphatic rings. The van der Waals surface area contributed by atoms with Crippen molar-refractivity contribution in [3.63, 3.8) is 0 Å². The van der Waals surface area contributed by atoms with Crippen LogP contribution in [0.1, 0.15) is 11.1 Å². The molecule has 1 nitrogen and oxygen atoms in total. The van der Waals surface area contributed by atoms with Gasteiger partial charge in [-0.1, -0.05) is 91.5 Å². The molecular weight excluding hydrogens is 366 g/mol. The Morgan fingerprint density at radius 1 is 0.897 bits per heavy atom. The van der Waals surface area contributed by atoms with E-state index in [1.54, 1.807) is 10.4 Å². The lowest BCUT2D eigenvalue weighted by Crippen LogP contribution is -2.50. The molecule has 0 bridgehead atoms. The Hall–Kier alpha value is -2.84. The van der Waals surface area contributed by atoms with E-state index in [-0.39, 0.29) is 0 Å². The van der Waals surface area contributed by atoms with Gasteiger partial charge in [-0.15, -0.1) is 0 Å². The topological polar surface area (TPSA) is 3.24 Å². The molecule has 0 spiro atoms. The summed E-state index contributed by atoms with van der Waals surface area (Å²) >= 11 is 0. The van der Waals surface area contributed by atoms with E-state index >= 15 is 0 Å². The molecule has 5 rings (SSSR count). The van der Waals surface area contributed by atoms with Crippen molar-refractivity contribution < 1.29 is 0 Å². The van der Waals surface area contributed by atoms with Crippen LogP contribution in [0.2, 0.25) is 6.55 Å². The van der Waals surface area contributed by atoms with Gasteiger partial charge in [0.25, 0.3) is 0 Å². The summed E-state index contributed by atoms with van der Waals surface area (Å²) in [4.78, 5) is 2.28. The van der Waals surface area contributed by atoms with Gasteiger partial charge in [0.2, 0.25) is 0 Å². The van der Waals surface area contributed by atoms with Gasteiger partial charge in [-0.3, -0.25) is 0 Å². The van der Waals surface area contributed by atoms with Crippen LogP contribution in [0.15, 0.2) is 102 Å². The van der Waals surface area contributed by atoms with Crippen LogP contribution in [-0.2, 0) is 6.42 Å². The van der Waals surface area contributed by atoms with Gasteiger partial charge in [-0.05, 0) is 44.8 Å². The van der Waals surface area contributed by atoms with Crippen molar-refractivity contribution in [1.29, 1.82) is 0 Å². The first kappa shape index (κ1) is 18.2.